The molecular weight excluding hydrogens is 252 g/mol. The molecule has 1 amide bonds. The van der Waals surface area contributed by atoms with Crippen molar-refractivity contribution >= 4 is 5.91 Å². The Morgan fingerprint density at radius 1 is 1.35 bits per heavy atom. The molecule has 0 saturated carbocycles. The van der Waals surface area contributed by atoms with Crippen LogP contribution in [0.15, 0.2) is 24.3 Å². The molecule has 0 heterocycles. The Morgan fingerprint density at radius 2 is 2.10 bits per heavy atom. The summed E-state index contributed by atoms with van der Waals surface area (Å²) in [5.41, 5.74) is 6.61. The molecule has 0 aliphatic carbocycles. The van der Waals surface area contributed by atoms with Gasteiger partial charge in [0, 0.05) is 13.0 Å². The van der Waals surface area contributed by atoms with Crippen LogP contribution in [0.2, 0.25) is 0 Å². The van der Waals surface area contributed by atoms with E-state index >= 15 is 0 Å². The molecule has 4 nitrogen and oxygen atoms in total. The summed E-state index contributed by atoms with van der Waals surface area (Å²) in [4.78, 5) is 11.7. The van der Waals surface area contributed by atoms with Crippen molar-refractivity contribution in [3.8, 4) is 5.75 Å². The maximum atomic E-state index is 11.7. The molecule has 1 atom stereocenters. The molecule has 3 N–H and O–H groups in total. The van der Waals surface area contributed by atoms with Crippen LogP contribution in [0.25, 0.3) is 0 Å². The van der Waals surface area contributed by atoms with E-state index in [2.05, 4.69) is 12.2 Å². The number of carbonyl (C=O) groups excluding carboxylic acids is 1. The van der Waals surface area contributed by atoms with Crippen molar-refractivity contribution in [2.24, 2.45) is 11.7 Å². The number of nitrogens with one attached hydrogen (secondary N) is 1. The lowest BCUT2D eigenvalue weighted by Crippen LogP contribution is -2.26. The standard InChI is InChI=1S/C16H26N2O2/c1-13(9-11-17)7-8-16(19)18-12-10-14-5-3-4-6-15(14)20-2/h3-6,13H,7-12,17H2,1-2H3,(H,18,19). The predicted molar refractivity (Wildman–Crippen MR) is 81.8 cm³/mol. The molecule has 1 rings (SSSR count). The molecule has 20 heavy (non-hydrogen) atoms. The van der Waals surface area contributed by atoms with Gasteiger partial charge in [-0.15, -0.1) is 0 Å². The number of methoxy groups -OCH3 is 1. The van der Waals surface area contributed by atoms with Crippen LogP contribution in [0, 0.1) is 5.92 Å². The third-order valence-electron chi connectivity index (χ3n) is 3.43. The van der Waals surface area contributed by atoms with Gasteiger partial charge in [0.15, 0.2) is 0 Å². The molecule has 0 bridgehead atoms. The first-order chi connectivity index (χ1) is 9.67. The van der Waals surface area contributed by atoms with Crippen molar-refractivity contribution < 1.29 is 9.53 Å². The van der Waals surface area contributed by atoms with E-state index in [0.29, 0.717) is 25.4 Å². The largest absolute Gasteiger partial charge is 0.496 e. The fraction of sp³-hybridized carbons (Fsp3) is 0.562. The Balaban J connectivity index is 2.25. The molecule has 0 aromatic heterocycles. The van der Waals surface area contributed by atoms with Crippen molar-refractivity contribution in [3.05, 3.63) is 29.8 Å². The number of nitrogens with two attached hydrogens (primary N) is 1. The molecular formula is C16H26N2O2. The van der Waals surface area contributed by atoms with Gasteiger partial charge in [-0.2, -0.15) is 0 Å². The van der Waals surface area contributed by atoms with Gasteiger partial charge in [0.25, 0.3) is 0 Å². The monoisotopic (exact) mass is 278 g/mol. The molecule has 0 aliphatic rings. The number of hydrogen-bond acceptors (Lipinski definition) is 3. The molecule has 112 valence electrons. The van der Waals surface area contributed by atoms with Gasteiger partial charge < -0.3 is 15.8 Å². The highest BCUT2D eigenvalue weighted by molar-refractivity contribution is 5.75. The smallest absolute Gasteiger partial charge is 0.220 e. The SMILES string of the molecule is COc1ccccc1CCNC(=O)CCC(C)CCN. The Bertz CT molecular complexity index is 407. The molecule has 4 heteroatoms. The van der Waals surface area contributed by atoms with Gasteiger partial charge >= 0.3 is 0 Å². The maximum absolute atomic E-state index is 11.7. The number of benzene rings is 1. The Kier molecular flexibility index (Phi) is 7.73. The number of ether oxygens (including phenoxy) is 1. The molecule has 1 aromatic rings. The van der Waals surface area contributed by atoms with Gasteiger partial charge in [-0.25, -0.2) is 0 Å². The number of amides is 1. The molecule has 0 spiro atoms. The molecule has 0 radical (unpaired) electrons. The van der Waals surface area contributed by atoms with Crippen LogP contribution in [0.4, 0.5) is 0 Å². The minimum Gasteiger partial charge on any atom is -0.496 e. The van der Waals surface area contributed by atoms with Crippen LogP contribution in [0.5, 0.6) is 5.75 Å². The van der Waals surface area contributed by atoms with E-state index in [1.165, 1.54) is 0 Å². The third-order valence-corrected chi connectivity index (χ3v) is 3.43. The lowest BCUT2D eigenvalue weighted by molar-refractivity contribution is -0.121. The zero-order chi connectivity index (χ0) is 14.8. The average Bonchev–Trinajstić information content (AvgIpc) is 2.46. The summed E-state index contributed by atoms with van der Waals surface area (Å²) in [6.45, 7) is 3.47. The Hall–Kier alpha value is -1.55. The second-order valence-corrected chi connectivity index (χ2v) is 5.13. The second kappa shape index (κ2) is 9.37. The fourth-order valence-corrected chi connectivity index (χ4v) is 2.14. The van der Waals surface area contributed by atoms with Gasteiger partial charge in [-0.05, 0) is 43.4 Å². The summed E-state index contributed by atoms with van der Waals surface area (Å²) in [5.74, 6) is 1.50. The lowest BCUT2D eigenvalue weighted by Gasteiger charge is -2.11. The summed E-state index contributed by atoms with van der Waals surface area (Å²) in [7, 11) is 1.66. The topological polar surface area (TPSA) is 64.3 Å². The molecule has 1 aromatic carbocycles. The first kappa shape index (κ1) is 16.5. The fourth-order valence-electron chi connectivity index (χ4n) is 2.14. The number of para-hydroxylation sites is 1. The average molecular weight is 278 g/mol. The molecule has 1 unspecified atom stereocenters. The van der Waals surface area contributed by atoms with Gasteiger partial charge in [0.05, 0.1) is 7.11 Å². The van der Waals surface area contributed by atoms with Gasteiger partial charge in [0.2, 0.25) is 5.91 Å². The molecule has 0 fully saturated rings. The van der Waals surface area contributed by atoms with Crippen molar-refractivity contribution in [1.29, 1.82) is 0 Å². The number of hydrogen-bond donors (Lipinski definition) is 2. The quantitative estimate of drug-likeness (QED) is 0.727. The summed E-state index contributed by atoms with van der Waals surface area (Å²) in [6.07, 6.45) is 3.24. The first-order valence-electron chi connectivity index (χ1n) is 7.26. The Labute approximate surface area is 121 Å². The third kappa shape index (κ3) is 6.06. The minimum atomic E-state index is 0.115. The van der Waals surface area contributed by atoms with E-state index < -0.39 is 0 Å². The van der Waals surface area contributed by atoms with E-state index in [1.807, 2.05) is 24.3 Å². The highest BCUT2D eigenvalue weighted by Crippen LogP contribution is 2.17. The highest BCUT2D eigenvalue weighted by atomic mass is 16.5. The normalized spacial score (nSPS) is 11.9. The summed E-state index contributed by atoms with van der Waals surface area (Å²) in [6, 6.07) is 7.88. The van der Waals surface area contributed by atoms with Crippen molar-refractivity contribution in [1.82, 2.24) is 5.32 Å². The lowest BCUT2D eigenvalue weighted by atomic mass is 10.0. The van der Waals surface area contributed by atoms with E-state index in [0.717, 1.165) is 30.6 Å². The van der Waals surface area contributed by atoms with Gasteiger partial charge in [-0.3, -0.25) is 4.79 Å². The van der Waals surface area contributed by atoms with E-state index in [1.54, 1.807) is 7.11 Å². The van der Waals surface area contributed by atoms with Crippen molar-refractivity contribution in [2.45, 2.75) is 32.6 Å². The zero-order valence-electron chi connectivity index (χ0n) is 12.5. The van der Waals surface area contributed by atoms with Crippen LogP contribution >= 0.6 is 0 Å². The summed E-state index contributed by atoms with van der Waals surface area (Å²) >= 11 is 0. The van der Waals surface area contributed by atoms with Gasteiger partial charge in [0.1, 0.15) is 5.75 Å². The van der Waals surface area contributed by atoms with Crippen LogP contribution in [0.3, 0.4) is 0 Å². The van der Waals surface area contributed by atoms with Crippen LogP contribution in [-0.4, -0.2) is 26.1 Å². The van der Waals surface area contributed by atoms with Crippen molar-refractivity contribution in [2.75, 3.05) is 20.2 Å². The van der Waals surface area contributed by atoms with Crippen LogP contribution in [0.1, 0.15) is 31.7 Å². The van der Waals surface area contributed by atoms with E-state index in [4.69, 9.17) is 10.5 Å². The molecule has 0 aliphatic heterocycles. The summed E-state index contributed by atoms with van der Waals surface area (Å²) in [5, 5.41) is 2.95. The summed E-state index contributed by atoms with van der Waals surface area (Å²) < 4.78 is 5.28. The van der Waals surface area contributed by atoms with Crippen molar-refractivity contribution in [3.63, 3.8) is 0 Å². The first-order valence-corrected chi connectivity index (χ1v) is 7.26. The zero-order valence-corrected chi connectivity index (χ0v) is 12.5. The number of carbonyl (C=O) groups is 1. The van der Waals surface area contributed by atoms with Crippen LogP contribution in [-0.2, 0) is 11.2 Å². The highest BCUT2D eigenvalue weighted by Gasteiger charge is 2.07. The van der Waals surface area contributed by atoms with E-state index in [9.17, 15) is 4.79 Å². The minimum absolute atomic E-state index is 0.115. The predicted octanol–water partition coefficient (Wildman–Crippen LogP) is 2.12. The Morgan fingerprint density at radius 3 is 2.80 bits per heavy atom. The number of rotatable bonds is 9. The van der Waals surface area contributed by atoms with Crippen LogP contribution < -0.4 is 15.8 Å². The molecule has 0 saturated heterocycles. The second-order valence-electron chi connectivity index (χ2n) is 5.13. The van der Waals surface area contributed by atoms with E-state index in [-0.39, 0.29) is 5.91 Å². The maximum Gasteiger partial charge on any atom is 0.220 e. The van der Waals surface area contributed by atoms with Gasteiger partial charge in [-0.1, -0.05) is 25.1 Å².